The normalized spacial score (nSPS) is 12.5. The summed E-state index contributed by atoms with van der Waals surface area (Å²) >= 11 is 2.41. The summed E-state index contributed by atoms with van der Waals surface area (Å²) in [6, 6.07) is 10.9. The zero-order valence-corrected chi connectivity index (χ0v) is 14.8. The molecule has 0 aliphatic carbocycles. The lowest BCUT2D eigenvalue weighted by Crippen LogP contribution is -2.16. The summed E-state index contributed by atoms with van der Waals surface area (Å²) < 4.78 is 1.29. The van der Waals surface area contributed by atoms with Crippen LogP contribution in [0, 0.1) is 31.3 Å². The monoisotopic (exact) mass is 379 g/mol. The van der Waals surface area contributed by atoms with Crippen molar-refractivity contribution in [1.82, 2.24) is 0 Å². The molecule has 1 atom stereocenters. The van der Waals surface area contributed by atoms with Crippen LogP contribution in [0.2, 0.25) is 0 Å². The Kier molecular flexibility index (Phi) is 4.86. The van der Waals surface area contributed by atoms with Gasteiger partial charge in [-0.1, -0.05) is 35.9 Å². The van der Waals surface area contributed by atoms with Crippen molar-refractivity contribution in [2.75, 3.05) is 0 Å². The standard InChI is InChI=1S/C18H22IN/c1-11-8-13(3)16(14(4)9-11)10-17(20)15-7-5-6-12(2)18(15)19/h5-9,17H,10,20H2,1-4H3. The fraction of sp³-hybridized carbons (Fsp3) is 0.333. The number of hydrogen-bond donors (Lipinski definition) is 1. The Morgan fingerprint density at radius 3 is 2.20 bits per heavy atom. The number of aryl methyl sites for hydroxylation is 4. The molecule has 0 bridgehead atoms. The van der Waals surface area contributed by atoms with Gasteiger partial charge in [0.25, 0.3) is 0 Å². The molecule has 0 aromatic heterocycles. The predicted molar refractivity (Wildman–Crippen MR) is 95.2 cm³/mol. The molecule has 1 unspecified atom stereocenters. The van der Waals surface area contributed by atoms with Crippen LogP contribution in [0.15, 0.2) is 30.3 Å². The maximum Gasteiger partial charge on any atom is 0.0346 e. The number of benzene rings is 2. The molecule has 106 valence electrons. The smallest absolute Gasteiger partial charge is 0.0346 e. The van der Waals surface area contributed by atoms with Gasteiger partial charge in [-0.05, 0) is 84.5 Å². The van der Waals surface area contributed by atoms with E-state index in [0.29, 0.717) is 0 Å². The van der Waals surface area contributed by atoms with E-state index in [1.807, 2.05) is 0 Å². The van der Waals surface area contributed by atoms with Crippen molar-refractivity contribution in [1.29, 1.82) is 0 Å². The van der Waals surface area contributed by atoms with Gasteiger partial charge in [-0.3, -0.25) is 0 Å². The van der Waals surface area contributed by atoms with Crippen LogP contribution in [-0.4, -0.2) is 0 Å². The van der Waals surface area contributed by atoms with E-state index in [4.69, 9.17) is 5.73 Å². The lowest BCUT2D eigenvalue weighted by Gasteiger charge is -2.18. The summed E-state index contributed by atoms with van der Waals surface area (Å²) in [4.78, 5) is 0. The van der Waals surface area contributed by atoms with E-state index >= 15 is 0 Å². The van der Waals surface area contributed by atoms with Gasteiger partial charge in [0.2, 0.25) is 0 Å². The molecule has 2 N–H and O–H groups in total. The molecule has 0 fully saturated rings. The van der Waals surface area contributed by atoms with Crippen LogP contribution in [0.5, 0.6) is 0 Å². The maximum absolute atomic E-state index is 6.47. The second-order valence-electron chi connectivity index (χ2n) is 5.67. The van der Waals surface area contributed by atoms with Crippen LogP contribution >= 0.6 is 22.6 Å². The van der Waals surface area contributed by atoms with E-state index in [-0.39, 0.29) is 6.04 Å². The van der Waals surface area contributed by atoms with E-state index in [1.165, 1.54) is 37.0 Å². The van der Waals surface area contributed by atoms with E-state index in [0.717, 1.165) is 6.42 Å². The maximum atomic E-state index is 6.47. The van der Waals surface area contributed by atoms with Gasteiger partial charge < -0.3 is 5.73 Å². The van der Waals surface area contributed by atoms with Gasteiger partial charge in [-0.25, -0.2) is 0 Å². The summed E-state index contributed by atoms with van der Waals surface area (Å²) in [5, 5.41) is 0. The fourth-order valence-corrected chi connectivity index (χ4v) is 3.58. The van der Waals surface area contributed by atoms with Crippen molar-refractivity contribution in [3.8, 4) is 0 Å². The second-order valence-corrected chi connectivity index (χ2v) is 6.74. The minimum atomic E-state index is 0.0573. The minimum Gasteiger partial charge on any atom is -0.324 e. The summed E-state index contributed by atoms with van der Waals surface area (Å²) in [6.07, 6.45) is 0.900. The highest BCUT2D eigenvalue weighted by Crippen LogP contribution is 2.27. The average Bonchev–Trinajstić information content (AvgIpc) is 2.36. The van der Waals surface area contributed by atoms with Crippen LogP contribution < -0.4 is 5.73 Å². The van der Waals surface area contributed by atoms with Crippen LogP contribution in [0.25, 0.3) is 0 Å². The molecule has 2 aromatic rings. The first-order valence-electron chi connectivity index (χ1n) is 6.97. The van der Waals surface area contributed by atoms with Gasteiger partial charge in [0.15, 0.2) is 0 Å². The Morgan fingerprint density at radius 1 is 1.00 bits per heavy atom. The van der Waals surface area contributed by atoms with Crippen LogP contribution in [0.1, 0.15) is 39.4 Å². The molecular weight excluding hydrogens is 357 g/mol. The molecule has 2 heteroatoms. The Balaban J connectivity index is 2.33. The Bertz CT molecular complexity index is 608. The highest BCUT2D eigenvalue weighted by atomic mass is 127. The largest absolute Gasteiger partial charge is 0.324 e. The molecule has 0 aliphatic heterocycles. The SMILES string of the molecule is Cc1cc(C)c(CC(N)c2cccc(C)c2I)c(C)c1. The highest BCUT2D eigenvalue weighted by Gasteiger charge is 2.14. The average molecular weight is 379 g/mol. The Morgan fingerprint density at radius 2 is 1.60 bits per heavy atom. The van der Waals surface area contributed by atoms with Crippen molar-refractivity contribution >= 4 is 22.6 Å². The highest BCUT2D eigenvalue weighted by molar-refractivity contribution is 14.1. The lowest BCUT2D eigenvalue weighted by atomic mass is 9.92. The van der Waals surface area contributed by atoms with Gasteiger partial charge in [-0.15, -0.1) is 0 Å². The van der Waals surface area contributed by atoms with Crippen molar-refractivity contribution in [3.05, 3.63) is 67.3 Å². The van der Waals surface area contributed by atoms with E-state index < -0.39 is 0 Å². The molecule has 0 saturated carbocycles. The molecule has 20 heavy (non-hydrogen) atoms. The summed E-state index contributed by atoms with van der Waals surface area (Å²) in [6.45, 7) is 8.65. The van der Waals surface area contributed by atoms with Gasteiger partial charge >= 0.3 is 0 Å². The zero-order chi connectivity index (χ0) is 14.9. The zero-order valence-electron chi connectivity index (χ0n) is 12.6. The number of rotatable bonds is 3. The Labute approximate surface area is 135 Å². The third kappa shape index (κ3) is 3.23. The van der Waals surface area contributed by atoms with Crippen molar-refractivity contribution in [2.45, 2.75) is 40.2 Å². The molecule has 2 rings (SSSR count). The number of nitrogens with two attached hydrogens (primary N) is 1. The quantitative estimate of drug-likeness (QED) is 0.764. The van der Waals surface area contributed by atoms with Gasteiger partial charge in [0.1, 0.15) is 0 Å². The minimum absolute atomic E-state index is 0.0573. The summed E-state index contributed by atoms with van der Waals surface area (Å²) in [5.41, 5.74) is 14.4. The van der Waals surface area contributed by atoms with Crippen molar-refractivity contribution < 1.29 is 0 Å². The molecule has 0 aliphatic rings. The van der Waals surface area contributed by atoms with E-state index in [9.17, 15) is 0 Å². The van der Waals surface area contributed by atoms with Crippen LogP contribution in [-0.2, 0) is 6.42 Å². The first-order valence-corrected chi connectivity index (χ1v) is 8.05. The summed E-state index contributed by atoms with van der Waals surface area (Å²) in [5.74, 6) is 0. The molecule has 0 heterocycles. The van der Waals surface area contributed by atoms with Gasteiger partial charge in [0, 0.05) is 9.61 Å². The molecular formula is C18H22IN. The third-order valence-corrected chi connectivity index (χ3v) is 5.36. The first-order chi connectivity index (χ1) is 9.40. The first kappa shape index (κ1) is 15.5. The Hall–Kier alpha value is -0.870. The second kappa shape index (κ2) is 6.27. The van der Waals surface area contributed by atoms with Gasteiger partial charge in [-0.2, -0.15) is 0 Å². The van der Waals surface area contributed by atoms with Gasteiger partial charge in [0.05, 0.1) is 0 Å². The number of hydrogen-bond acceptors (Lipinski definition) is 1. The number of halogens is 1. The van der Waals surface area contributed by atoms with E-state index in [2.05, 4.69) is 80.6 Å². The molecule has 2 aromatic carbocycles. The summed E-state index contributed by atoms with van der Waals surface area (Å²) in [7, 11) is 0. The van der Waals surface area contributed by atoms with Crippen LogP contribution in [0.3, 0.4) is 0 Å². The van der Waals surface area contributed by atoms with E-state index in [1.54, 1.807) is 0 Å². The molecule has 0 radical (unpaired) electrons. The van der Waals surface area contributed by atoms with Crippen molar-refractivity contribution in [2.24, 2.45) is 5.73 Å². The predicted octanol–water partition coefficient (Wildman–Crippen LogP) is 4.77. The third-order valence-electron chi connectivity index (χ3n) is 3.89. The topological polar surface area (TPSA) is 26.0 Å². The molecule has 0 amide bonds. The van der Waals surface area contributed by atoms with Crippen molar-refractivity contribution in [3.63, 3.8) is 0 Å². The molecule has 0 spiro atoms. The molecule has 0 saturated heterocycles. The fourth-order valence-electron chi connectivity index (χ4n) is 2.82. The molecule has 1 nitrogen and oxygen atoms in total. The van der Waals surface area contributed by atoms with Crippen LogP contribution in [0.4, 0.5) is 0 Å². The lowest BCUT2D eigenvalue weighted by molar-refractivity contribution is 0.710.